The molecule has 3 fully saturated rings. The van der Waals surface area contributed by atoms with Gasteiger partial charge in [0.25, 0.3) is 0 Å². The van der Waals surface area contributed by atoms with Gasteiger partial charge in [-0.15, -0.1) is 0 Å². The summed E-state index contributed by atoms with van der Waals surface area (Å²) in [6, 6.07) is 17.2. The molecule has 0 aromatic heterocycles. The molecule has 1 saturated heterocycles. The minimum atomic E-state index is 0.186. The summed E-state index contributed by atoms with van der Waals surface area (Å²) >= 11 is 0. The van der Waals surface area contributed by atoms with Crippen molar-refractivity contribution < 1.29 is 0 Å². The van der Waals surface area contributed by atoms with E-state index in [2.05, 4.69) is 83.5 Å². The summed E-state index contributed by atoms with van der Waals surface area (Å²) in [5.41, 5.74) is 11.2. The van der Waals surface area contributed by atoms with Crippen molar-refractivity contribution in [3.63, 3.8) is 0 Å². The van der Waals surface area contributed by atoms with E-state index in [4.69, 9.17) is 5.10 Å². The van der Waals surface area contributed by atoms with Crippen LogP contribution in [0.4, 0.5) is 5.69 Å². The SMILES string of the molecule is CCc1cc(C2CC23CC2(CCC2)CN2C3=NNCC2c2ccc(C)cc2)ccc1N1C=NC(C)C1. The van der Waals surface area contributed by atoms with Crippen molar-refractivity contribution in [2.45, 2.75) is 77.3 Å². The Kier molecular flexibility index (Phi) is 5.03. The number of fused-ring (bicyclic) bond motifs is 2. The van der Waals surface area contributed by atoms with E-state index >= 15 is 0 Å². The number of hydrogen-bond acceptors (Lipinski definition) is 5. The number of aryl methyl sites for hydroxylation is 2. The van der Waals surface area contributed by atoms with Crippen molar-refractivity contribution in [3.05, 3.63) is 64.7 Å². The van der Waals surface area contributed by atoms with Crippen LogP contribution in [0, 0.1) is 17.8 Å². The first-order valence-electron chi connectivity index (χ1n) is 14.1. The largest absolute Gasteiger partial charge is 0.349 e. The normalized spacial score (nSPS) is 31.8. The number of hydrazone groups is 1. The van der Waals surface area contributed by atoms with Crippen molar-refractivity contribution in [2.24, 2.45) is 20.9 Å². The third-order valence-corrected chi connectivity index (χ3v) is 9.83. The number of amidine groups is 1. The fraction of sp³-hybridized carbons (Fsp3) is 0.548. The van der Waals surface area contributed by atoms with Crippen molar-refractivity contribution in [1.29, 1.82) is 0 Å². The predicted octanol–water partition coefficient (Wildman–Crippen LogP) is 5.80. The van der Waals surface area contributed by atoms with Gasteiger partial charge in [-0.05, 0) is 80.0 Å². The van der Waals surface area contributed by atoms with Crippen molar-refractivity contribution in [1.82, 2.24) is 10.3 Å². The molecule has 2 aromatic rings. The lowest BCUT2D eigenvalue weighted by Crippen LogP contribution is -2.59. The number of piperidine rings is 1. The van der Waals surface area contributed by atoms with Crippen LogP contribution in [0.1, 0.15) is 80.2 Å². The third kappa shape index (κ3) is 3.42. The van der Waals surface area contributed by atoms with Gasteiger partial charge in [-0.2, -0.15) is 5.10 Å². The number of hydrogen-bond donors (Lipinski definition) is 1. The lowest BCUT2D eigenvalue weighted by atomic mass is 9.60. The Hall–Kier alpha value is -2.82. The second-order valence-corrected chi connectivity index (χ2v) is 12.3. The summed E-state index contributed by atoms with van der Waals surface area (Å²) in [6.45, 7) is 9.71. The highest BCUT2D eigenvalue weighted by molar-refractivity contribution is 5.94. The third-order valence-electron chi connectivity index (χ3n) is 9.83. The molecule has 36 heavy (non-hydrogen) atoms. The first kappa shape index (κ1) is 22.4. The average molecular weight is 482 g/mol. The zero-order valence-electron chi connectivity index (χ0n) is 22.0. The summed E-state index contributed by atoms with van der Waals surface area (Å²) in [6.07, 6.45) is 9.77. The quantitative estimate of drug-likeness (QED) is 0.600. The molecule has 2 aromatic carbocycles. The van der Waals surface area contributed by atoms with Crippen molar-refractivity contribution in [2.75, 3.05) is 24.5 Å². The lowest BCUT2D eigenvalue weighted by Gasteiger charge is -2.56. The van der Waals surface area contributed by atoms with Gasteiger partial charge in [0.15, 0.2) is 0 Å². The zero-order chi connectivity index (χ0) is 24.5. The summed E-state index contributed by atoms with van der Waals surface area (Å²) < 4.78 is 0. The van der Waals surface area contributed by atoms with Gasteiger partial charge in [0.2, 0.25) is 0 Å². The highest BCUT2D eigenvalue weighted by atomic mass is 15.4. The van der Waals surface area contributed by atoms with Crippen LogP contribution >= 0.6 is 0 Å². The Morgan fingerprint density at radius 3 is 2.58 bits per heavy atom. The molecule has 188 valence electrons. The average Bonchev–Trinajstić information content (AvgIpc) is 3.42. The molecule has 2 saturated carbocycles. The van der Waals surface area contributed by atoms with Gasteiger partial charge in [0.1, 0.15) is 5.84 Å². The molecule has 3 heterocycles. The van der Waals surface area contributed by atoms with E-state index in [-0.39, 0.29) is 5.41 Å². The topological polar surface area (TPSA) is 43.2 Å². The predicted molar refractivity (Wildman–Crippen MR) is 148 cm³/mol. The second kappa shape index (κ2) is 8.09. The number of aliphatic imine (C=N–C) groups is 1. The first-order valence-corrected chi connectivity index (χ1v) is 14.1. The summed E-state index contributed by atoms with van der Waals surface area (Å²) in [4.78, 5) is 9.65. The summed E-state index contributed by atoms with van der Waals surface area (Å²) in [7, 11) is 0. The summed E-state index contributed by atoms with van der Waals surface area (Å²) in [5, 5.41) is 5.06. The Bertz CT molecular complexity index is 1230. The maximum Gasteiger partial charge on any atom is 0.132 e. The molecule has 7 rings (SSSR count). The van der Waals surface area contributed by atoms with E-state index < -0.39 is 0 Å². The molecule has 3 aliphatic heterocycles. The number of anilines is 1. The minimum Gasteiger partial charge on any atom is -0.349 e. The van der Waals surface area contributed by atoms with E-state index in [1.165, 1.54) is 72.4 Å². The standard InChI is InChI=1S/C31H39N5/c1-4-23-14-25(10-11-27(23)35-17-22(3)32-20-35)26-15-31(26)18-30(12-5-13-30)19-36-28(16-33-34-29(31)36)24-8-6-21(2)7-9-24/h6-11,14,20,22,26,28,33H,4-5,12-13,15-19H2,1-3H3. The first-order chi connectivity index (χ1) is 17.5. The van der Waals surface area contributed by atoms with E-state index in [0.717, 1.165) is 19.5 Å². The Labute approximate surface area is 215 Å². The van der Waals surface area contributed by atoms with Gasteiger partial charge in [-0.25, -0.2) is 0 Å². The van der Waals surface area contributed by atoms with Crippen LogP contribution in [-0.4, -0.2) is 42.8 Å². The van der Waals surface area contributed by atoms with E-state index in [9.17, 15) is 0 Å². The van der Waals surface area contributed by atoms with Crippen LogP contribution in [0.5, 0.6) is 0 Å². The van der Waals surface area contributed by atoms with E-state index in [0.29, 0.717) is 23.4 Å². The van der Waals surface area contributed by atoms with Gasteiger partial charge in [0.05, 0.1) is 25.0 Å². The highest BCUT2D eigenvalue weighted by Gasteiger charge is 2.67. The van der Waals surface area contributed by atoms with Gasteiger partial charge in [0, 0.05) is 24.2 Å². The van der Waals surface area contributed by atoms with Gasteiger partial charge in [-0.1, -0.05) is 55.3 Å². The fourth-order valence-electron chi connectivity index (χ4n) is 7.68. The Balaban J connectivity index is 1.22. The van der Waals surface area contributed by atoms with E-state index in [1.54, 1.807) is 0 Å². The number of rotatable bonds is 4. The second-order valence-electron chi connectivity index (χ2n) is 12.3. The number of nitrogens with one attached hydrogen (secondary N) is 1. The lowest BCUT2D eigenvalue weighted by molar-refractivity contribution is 0.0222. The molecule has 4 unspecified atom stereocenters. The molecule has 2 spiro atoms. The molecule has 5 aliphatic rings. The highest BCUT2D eigenvalue weighted by Crippen LogP contribution is 2.70. The molecule has 0 amide bonds. The van der Waals surface area contributed by atoms with Crippen molar-refractivity contribution >= 4 is 17.9 Å². The van der Waals surface area contributed by atoms with Crippen LogP contribution in [0.2, 0.25) is 0 Å². The molecule has 1 N–H and O–H groups in total. The molecule has 5 heteroatoms. The molecular weight excluding hydrogens is 442 g/mol. The molecular formula is C31H39N5. The monoisotopic (exact) mass is 481 g/mol. The van der Waals surface area contributed by atoms with Crippen LogP contribution in [0.15, 0.2) is 52.6 Å². The molecule has 5 nitrogen and oxygen atoms in total. The van der Waals surface area contributed by atoms with Gasteiger partial charge in [-0.3, -0.25) is 4.99 Å². The maximum absolute atomic E-state index is 5.06. The van der Waals surface area contributed by atoms with Crippen LogP contribution in [0.3, 0.4) is 0 Å². The minimum absolute atomic E-state index is 0.186. The number of benzene rings is 2. The number of nitrogens with zero attached hydrogens (tertiary/aromatic N) is 4. The maximum atomic E-state index is 5.06. The molecule has 0 radical (unpaired) electrons. The molecule has 0 bridgehead atoms. The van der Waals surface area contributed by atoms with Gasteiger partial charge < -0.3 is 15.2 Å². The van der Waals surface area contributed by atoms with Gasteiger partial charge >= 0.3 is 0 Å². The Morgan fingerprint density at radius 2 is 1.89 bits per heavy atom. The molecule has 2 aliphatic carbocycles. The van der Waals surface area contributed by atoms with Crippen LogP contribution in [0.25, 0.3) is 0 Å². The Morgan fingerprint density at radius 1 is 1.08 bits per heavy atom. The van der Waals surface area contributed by atoms with Crippen LogP contribution in [-0.2, 0) is 6.42 Å². The smallest absolute Gasteiger partial charge is 0.132 e. The molecule has 4 atom stereocenters. The van der Waals surface area contributed by atoms with Crippen molar-refractivity contribution in [3.8, 4) is 0 Å². The fourth-order valence-corrected chi connectivity index (χ4v) is 7.68. The zero-order valence-corrected chi connectivity index (χ0v) is 22.0. The van der Waals surface area contributed by atoms with E-state index in [1.807, 2.05) is 6.34 Å². The van der Waals surface area contributed by atoms with Crippen LogP contribution < -0.4 is 10.3 Å². The summed E-state index contributed by atoms with van der Waals surface area (Å²) in [5.74, 6) is 1.91.